The van der Waals surface area contributed by atoms with Gasteiger partial charge in [-0.2, -0.15) is 0 Å². The maximum absolute atomic E-state index is 13.5. The molecule has 2 N–H and O–H groups in total. The molecule has 2 aliphatic rings. The molecule has 0 unspecified atom stereocenters. The van der Waals surface area contributed by atoms with Crippen LogP contribution in [0, 0.1) is 5.82 Å². The number of nitrogens with one attached hydrogen (secondary N) is 2. The van der Waals surface area contributed by atoms with Crippen molar-refractivity contribution < 1.29 is 4.39 Å². The van der Waals surface area contributed by atoms with Gasteiger partial charge in [-0.15, -0.1) is 0 Å². The van der Waals surface area contributed by atoms with Crippen molar-refractivity contribution in [3.8, 4) is 0 Å². The van der Waals surface area contributed by atoms with Crippen molar-refractivity contribution in [1.29, 1.82) is 0 Å². The number of hydrogen-bond acceptors (Lipinski definition) is 4. The lowest BCUT2D eigenvalue weighted by Gasteiger charge is -2.35. The smallest absolute Gasteiger partial charge is 0.126 e. The molecule has 2 aromatic rings. The Balaban J connectivity index is 1.42. The minimum Gasteiger partial charge on any atom is -0.369 e. The van der Waals surface area contributed by atoms with Crippen LogP contribution < -0.4 is 15.5 Å². The highest BCUT2D eigenvalue weighted by Gasteiger charge is 2.21. The summed E-state index contributed by atoms with van der Waals surface area (Å²) in [5, 5.41) is 7.20. The standard InChI is InChI=1S/C21H27FN4/c22-17-5-3-7-19(14-17)26-12-4-6-18(15-26)25-21-13-16(9-11-24-21)20-8-1-2-10-23-20/h3,5,7,9,11,13-14,18,20,23H,1-2,4,6,8,10,12,15H2,(H,24,25)/t18-,20-/m1/s1. The van der Waals surface area contributed by atoms with E-state index in [4.69, 9.17) is 0 Å². The molecule has 0 spiro atoms. The molecule has 0 amide bonds. The van der Waals surface area contributed by atoms with Gasteiger partial charge in [-0.05, 0) is 68.1 Å². The summed E-state index contributed by atoms with van der Waals surface area (Å²) in [6.45, 7) is 2.94. The van der Waals surface area contributed by atoms with Crippen molar-refractivity contribution >= 4 is 11.5 Å². The third kappa shape index (κ3) is 4.15. The molecule has 0 aliphatic carbocycles. The van der Waals surface area contributed by atoms with E-state index in [1.54, 1.807) is 12.1 Å². The lowest BCUT2D eigenvalue weighted by molar-refractivity contribution is 0.412. The molecule has 0 saturated carbocycles. The largest absolute Gasteiger partial charge is 0.369 e. The van der Waals surface area contributed by atoms with Gasteiger partial charge in [-0.3, -0.25) is 0 Å². The number of hydrogen-bond donors (Lipinski definition) is 2. The van der Waals surface area contributed by atoms with Crippen molar-refractivity contribution in [3.63, 3.8) is 0 Å². The van der Waals surface area contributed by atoms with E-state index in [2.05, 4.69) is 32.7 Å². The van der Waals surface area contributed by atoms with E-state index in [1.807, 2.05) is 12.3 Å². The normalized spacial score (nSPS) is 23.7. The fraction of sp³-hybridized carbons (Fsp3) is 0.476. The first-order valence-electron chi connectivity index (χ1n) is 9.74. The zero-order valence-corrected chi connectivity index (χ0v) is 15.1. The predicted octanol–water partition coefficient (Wildman–Crippen LogP) is 4.12. The zero-order valence-electron chi connectivity index (χ0n) is 15.1. The van der Waals surface area contributed by atoms with Gasteiger partial charge in [0.25, 0.3) is 0 Å². The average molecular weight is 354 g/mol. The Kier molecular flexibility index (Phi) is 5.34. The fourth-order valence-corrected chi connectivity index (χ4v) is 4.09. The number of piperidine rings is 2. The van der Waals surface area contributed by atoms with Crippen LogP contribution in [0.15, 0.2) is 42.6 Å². The summed E-state index contributed by atoms with van der Waals surface area (Å²) in [6, 6.07) is 12.0. The highest BCUT2D eigenvalue weighted by molar-refractivity contribution is 5.48. The second-order valence-corrected chi connectivity index (χ2v) is 7.39. The second-order valence-electron chi connectivity index (χ2n) is 7.39. The summed E-state index contributed by atoms with van der Waals surface area (Å²) < 4.78 is 13.5. The number of benzene rings is 1. The van der Waals surface area contributed by atoms with E-state index in [0.29, 0.717) is 12.1 Å². The number of halogens is 1. The average Bonchev–Trinajstić information content (AvgIpc) is 2.69. The molecular formula is C21H27FN4. The van der Waals surface area contributed by atoms with E-state index in [9.17, 15) is 4.39 Å². The van der Waals surface area contributed by atoms with Gasteiger partial charge in [-0.1, -0.05) is 12.5 Å². The third-order valence-electron chi connectivity index (χ3n) is 5.44. The summed E-state index contributed by atoms with van der Waals surface area (Å²) in [5.41, 5.74) is 2.28. The van der Waals surface area contributed by atoms with Gasteiger partial charge >= 0.3 is 0 Å². The number of aromatic nitrogens is 1. The molecule has 138 valence electrons. The molecule has 1 aromatic heterocycles. The monoisotopic (exact) mass is 354 g/mol. The minimum absolute atomic E-state index is 0.174. The first-order valence-corrected chi connectivity index (χ1v) is 9.74. The number of pyridine rings is 1. The maximum Gasteiger partial charge on any atom is 0.126 e. The number of nitrogens with zero attached hydrogens (tertiary/aromatic N) is 2. The van der Waals surface area contributed by atoms with Crippen molar-refractivity contribution in [1.82, 2.24) is 10.3 Å². The molecule has 3 heterocycles. The Labute approximate surface area is 154 Å². The highest BCUT2D eigenvalue weighted by Crippen LogP contribution is 2.26. The molecule has 1 aromatic carbocycles. The van der Waals surface area contributed by atoms with Crippen LogP contribution in [0.2, 0.25) is 0 Å². The van der Waals surface area contributed by atoms with Crippen LogP contribution in [0.1, 0.15) is 43.7 Å². The molecule has 2 atom stereocenters. The Bertz CT molecular complexity index is 729. The molecule has 0 radical (unpaired) electrons. The van der Waals surface area contributed by atoms with Gasteiger partial charge in [0.15, 0.2) is 0 Å². The van der Waals surface area contributed by atoms with E-state index >= 15 is 0 Å². The summed E-state index contributed by atoms with van der Waals surface area (Å²) in [4.78, 5) is 6.78. The quantitative estimate of drug-likeness (QED) is 0.867. The fourth-order valence-electron chi connectivity index (χ4n) is 4.09. The van der Waals surface area contributed by atoms with E-state index in [1.165, 1.54) is 30.9 Å². The summed E-state index contributed by atoms with van der Waals surface area (Å²) in [5.74, 6) is 0.771. The van der Waals surface area contributed by atoms with Gasteiger partial charge in [0, 0.05) is 37.1 Å². The van der Waals surface area contributed by atoms with Gasteiger partial charge in [0.2, 0.25) is 0 Å². The number of rotatable bonds is 4. The van der Waals surface area contributed by atoms with Crippen LogP contribution in [-0.4, -0.2) is 30.7 Å². The predicted molar refractivity (Wildman–Crippen MR) is 104 cm³/mol. The van der Waals surface area contributed by atoms with Gasteiger partial charge in [0.05, 0.1) is 0 Å². The first-order chi connectivity index (χ1) is 12.8. The second kappa shape index (κ2) is 8.04. The van der Waals surface area contributed by atoms with Gasteiger partial charge in [0.1, 0.15) is 11.6 Å². The van der Waals surface area contributed by atoms with Gasteiger partial charge < -0.3 is 15.5 Å². The molecule has 4 nitrogen and oxygen atoms in total. The van der Waals surface area contributed by atoms with Crippen LogP contribution in [0.25, 0.3) is 0 Å². The Morgan fingerprint density at radius 3 is 2.92 bits per heavy atom. The molecule has 26 heavy (non-hydrogen) atoms. The topological polar surface area (TPSA) is 40.2 Å². The van der Waals surface area contributed by atoms with Crippen LogP contribution in [0.4, 0.5) is 15.9 Å². The maximum atomic E-state index is 13.5. The van der Waals surface area contributed by atoms with E-state index in [0.717, 1.165) is 44.0 Å². The van der Waals surface area contributed by atoms with Crippen molar-refractivity contribution in [2.24, 2.45) is 0 Å². The molecule has 5 heteroatoms. The summed E-state index contributed by atoms with van der Waals surface area (Å²) in [7, 11) is 0. The Morgan fingerprint density at radius 1 is 1.12 bits per heavy atom. The van der Waals surface area contributed by atoms with Crippen LogP contribution in [0.3, 0.4) is 0 Å². The van der Waals surface area contributed by atoms with Crippen LogP contribution in [-0.2, 0) is 0 Å². The first kappa shape index (κ1) is 17.3. The van der Waals surface area contributed by atoms with Crippen molar-refractivity contribution in [2.45, 2.75) is 44.2 Å². The number of anilines is 2. The Morgan fingerprint density at radius 2 is 2.08 bits per heavy atom. The van der Waals surface area contributed by atoms with Crippen molar-refractivity contribution in [3.05, 3.63) is 54.0 Å². The zero-order chi connectivity index (χ0) is 17.8. The van der Waals surface area contributed by atoms with E-state index < -0.39 is 0 Å². The van der Waals surface area contributed by atoms with Crippen LogP contribution >= 0.6 is 0 Å². The van der Waals surface area contributed by atoms with Crippen LogP contribution in [0.5, 0.6) is 0 Å². The molecule has 2 fully saturated rings. The highest BCUT2D eigenvalue weighted by atomic mass is 19.1. The van der Waals surface area contributed by atoms with E-state index in [-0.39, 0.29) is 5.82 Å². The summed E-state index contributed by atoms with van der Waals surface area (Å²) in [6.07, 6.45) is 7.86. The molecule has 2 aliphatic heterocycles. The lowest BCUT2D eigenvalue weighted by atomic mass is 9.98. The molecule has 4 rings (SSSR count). The molecule has 0 bridgehead atoms. The minimum atomic E-state index is -0.174. The molecule has 2 saturated heterocycles. The van der Waals surface area contributed by atoms with Gasteiger partial charge in [-0.25, -0.2) is 9.37 Å². The third-order valence-corrected chi connectivity index (χ3v) is 5.44. The summed E-state index contributed by atoms with van der Waals surface area (Å²) >= 11 is 0. The Hall–Kier alpha value is -2.14. The van der Waals surface area contributed by atoms with Crippen molar-refractivity contribution in [2.75, 3.05) is 29.9 Å². The SMILES string of the molecule is Fc1cccc(N2CCC[C@@H](Nc3cc([C@H]4CCCCN4)ccn3)C2)c1. The lowest BCUT2D eigenvalue weighted by Crippen LogP contribution is -2.42. The molecular weight excluding hydrogens is 327 g/mol.